The molecule has 2 unspecified atom stereocenters. The van der Waals surface area contributed by atoms with Crippen LogP contribution in [0.3, 0.4) is 0 Å². The van der Waals surface area contributed by atoms with Gasteiger partial charge < -0.3 is 10.1 Å². The molecule has 0 saturated carbocycles. The molecule has 1 aliphatic heterocycles. The number of rotatable bonds is 3. The Morgan fingerprint density at radius 3 is 2.56 bits per heavy atom. The average Bonchev–Trinajstić information content (AvgIpc) is 2.28. The molecule has 0 amide bonds. The second-order valence-electron chi connectivity index (χ2n) is 6.10. The van der Waals surface area contributed by atoms with Crippen molar-refractivity contribution in [1.82, 2.24) is 5.32 Å². The maximum Gasteiger partial charge on any atom is 0.0641 e. The van der Waals surface area contributed by atoms with Crippen LogP contribution in [0.1, 0.15) is 50.8 Å². The molecule has 0 aromatic heterocycles. The van der Waals surface area contributed by atoms with Gasteiger partial charge in [0.2, 0.25) is 0 Å². The number of hydrogen-bond acceptors (Lipinski definition) is 2. The van der Waals surface area contributed by atoms with Gasteiger partial charge in [0.25, 0.3) is 0 Å². The minimum Gasteiger partial charge on any atom is -0.375 e. The van der Waals surface area contributed by atoms with E-state index >= 15 is 0 Å². The summed E-state index contributed by atoms with van der Waals surface area (Å²) in [4.78, 5) is 0. The van der Waals surface area contributed by atoms with Crippen molar-refractivity contribution in [1.29, 1.82) is 0 Å². The van der Waals surface area contributed by atoms with Gasteiger partial charge in [0.05, 0.1) is 5.60 Å². The quantitative estimate of drug-likeness (QED) is 0.881. The van der Waals surface area contributed by atoms with Crippen molar-refractivity contribution in [3.8, 4) is 0 Å². The molecule has 0 spiro atoms. The average molecular weight is 247 g/mol. The van der Waals surface area contributed by atoms with Gasteiger partial charge in [-0.25, -0.2) is 0 Å². The van der Waals surface area contributed by atoms with Crippen LogP contribution >= 0.6 is 0 Å². The molecule has 2 heteroatoms. The van der Waals surface area contributed by atoms with Crippen molar-refractivity contribution in [2.45, 2.75) is 58.2 Å². The van der Waals surface area contributed by atoms with Gasteiger partial charge in [0.15, 0.2) is 0 Å². The summed E-state index contributed by atoms with van der Waals surface area (Å²) in [6.07, 6.45) is 2.20. The lowest BCUT2D eigenvalue weighted by atomic mass is 9.93. The fourth-order valence-electron chi connectivity index (χ4n) is 2.68. The van der Waals surface area contributed by atoms with Crippen LogP contribution in [0.25, 0.3) is 0 Å². The third kappa shape index (κ3) is 3.56. The molecule has 2 atom stereocenters. The number of hydrogen-bond donors (Lipinski definition) is 1. The predicted octanol–water partition coefficient (Wildman–Crippen LogP) is 3.60. The van der Waals surface area contributed by atoms with Crippen LogP contribution in [-0.4, -0.2) is 18.2 Å². The fraction of sp³-hybridized carbons (Fsp3) is 0.625. The van der Waals surface area contributed by atoms with E-state index in [1.807, 2.05) is 0 Å². The molecule has 18 heavy (non-hydrogen) atoms. The van der Waals surface area contributed by atoms with Gasteiger partial charge >= 0.3 is 0 Å². The SMILES string of the molecule is Cc1ccc(C(C)NC2CCOC(C)(C)C2)cc1. The fourth-order valence-corrected chi connectivity index (χ4v) is 2.68. The lowest BCUT2D eigenvalue weighted by Gasteiger charge is -2.37. The highest BCUT2D eigenvalue weighted by molar-refractivity contribution is 5.23. The van der Waals surface area contributed by atoms with E-state index in [9.17, 15) is 0 Å². The Balaban J connectivity index is 1.94. The first kappa shape index (κ1) is 13.6. The highest BCUT2D eigenvalue weighted by Crippen LogP contribution is 2.26. The molecule has 1 fully saturated rings. The zero-order valence-corrected chi connectivity index (χ0v) is 12.0. The van der Waals surface area contributed by atoms with Crippen LogP contribution in [-0.2, 0) is 4.74 Å². The van der Waals surface area contributed by atoms with E-state index in [2.05, 4.69) is 57.3 Å². The van der Waals surface area contributed by atoms with Crippen LogP contribution in [0, 0.1) is 6.92 Å². The first-order valence-electron chi connectivity index (χ1n) is 6.93. The molecular formula is C16H25NO. The second kappa shape index (κ2) is 5.41. The van der Waals surface area contributed by atoms with Gasteiger partial charge in [-0.05, 0) is 46.1 Å². The first-order valence-corrected chi connectivity index (χ1v) is 6.93. The van der Waals surface area contributed by atoms with Gasteiger partial charge in [-0.2, -0.15) is 0 Å². The topological polar surface area (TPSA) is 21.3 Å². The van der Waals surface area contributed by atoms with Crippen molar-refractivity contribution < 1.29 is 4.74 Å². The third-order valence-electron chi connectivity index (χ3n) is 3.76. The Morgan fingerprint density at radius 2 is 1.94 bits per heavy atom. The van der Waals surface area contributed by atoms with Crippen molar-refractivity contribution in [2.24, 2.45) is 0 Å². The van der Waals surface area contributed by atoms with Crippen molar-refractivity contribution in [3.05, 3.63) is 35.4 Å². The van der Waals surface area contributed by atoms with E-state index in [-0.39, 0.29) is 5.60 Å². The highest BCUT2D eigenvalue weighted by Gasteiger charge is 2.29. The number of nitrogens with one attached hydrogen (secondary N) is 1. The van der Waals surface area contributed by atoms with Crippen LogP contribution in [0.4, 0.5) is 0 Å². The molecule has 1 aliphatic rings. The highest BCUT2D eigenvalue weighted by atomic mass is 16.5. The van der Waals surface area contributed by atoms with Crippen LogP contribution in [0.5, 0.6) is 0 Å². The number of ether oxygens (including phenoxy) is 1. The van der Waals surface area contributed by atoms with Gasteiger partial charge in [-0.15, -0.1) is 0 Å². The largest absolute Gasteiger partial charge is 0.375 e. The lowest BCUT2D eigenvalue weighted by molar-refractivity contribution is -0.0639. The molecule has 1 aromatic rings. The first-order chi connectivity index (χ1) is 8.46. The molecule has 1 N–H and O–H groups in total. The van der Waals surface area contributed by atoms with E-state index in [0.29, 0.717) is 12.1 Å². The normalized spacial score (nSPS) is 24.8. The summed E-state index contributed by atoms with van der Waals surface area (Å²) >= 11 is 0. The van der Waals surface area contributed by atoms with Crippen LogP contribution in [0.2, 0.25) is 0 Å². The Morgan fingerprint density at radius 1 is 1.28 bits per heavy atom. The molecule has 0 aliphatic carbocycles. The number of aryl methyl sites for hydroxylation is 1. The third-order valence-corrected chi connectivity index (χ3v) is 3.76. The van der Waals surface area contributed by atoms with Crippen molar-refractivity contribution in [3.63, 3.8) is 0 Å². The van der Waals surface area contributed by atoms with Crippen molar-refractivity contribution in [2.75, 3.05) is 6.61 Å². The summed E-state index contributed by atoms with van der Waals surface area (Å²) in [5, 5.41) is 3.73. The standard InChI is InChI=1S/C16H25NO/c1-12-5-7-14(8-6-12)13(2)17-15-9-10-18-16(3,4)11-15/h5-8,13,15,17H,9-11H2,1-4H3. The summed E-state index contributed by atoms with van der Waals surface area (Å²) in [5.41, 5.74) is 2.70. The zero-order chi connectivity index (χ0) is 13.2. The number of benzene rings is 1. The van der Waals surface area contributed by atoms with E-state index in [0.717, 1.165) is 19.4 Å². The molecular weight excluding hydrogens is 222 g/mol. The second-order valence-corrected chi connectivity index (χ2v) is 6.10. The van der Waals surface area contributed by atoms with Gasteiger partial charge in [0.1, 0.15) is 0 Å². The molecule has 1 saturated heterocycles. The van der Waals surface area contributed by atoms with E-state index in [1.165, 1.54) is 11.1 Å². The van der Waals surface area contributed by atoms with Gasteiger partial charge in [-0.1, -0.05) is 29.8 Å². The Labute approximate surface area is 111 Å². The summed E-state index contributed by atoms with van der Waals surface area (Å²) in [6, 6.07) is 9.77. The molecule has 1 heterocycles. The maximum absolute atomic E-state index is 5.76. The molecule has 1 aromatic carbocycles. The molecule has 0 bridgehead atoms. The molecule has 2 nitrogen and oxygen atoms in total. The smallest absolute Gasteiger partial charge is 0.0641 e. The summed E-state index contributed by atoms with van der Waals surface area (Å²) < 4.78 is 5.76. The van der Waals surface area contributed by atoms with E-state index in [1.54, 1.807) is 0 Å². The van der Waals surface area contributed by atoms with E-state index < -0.39 is 0 Å². The Kier molecular flexibility index (Phi) is 4.08. The van der Waals surface area contributed by atoms with Gasteiger partial charge in [0, 0.05) is 18.7 Å². The molecule has 2 rings (SSSR count). The predicted molar refractivity (Wildman–Crippen MR) is 75.8 cm³/mol. The minimum absolute atomic E-state index is 0.0168. The van der Waals surface area contributed by atoms with Crippen LogP contribution < -0.4 is 5.32 Å². The monoisotopic (exact) mass is 247 g/mol. The lowest BCUT2D eigenvalue weighted by Crippen LogP contribution is -2.44. The zero-order valence-electron chi connectivity index (χ0n) is 12.0. The maximum atomic E-state index is 5.76. The summed E-state index contributed by atoms with van der Waals surface area (Å²) in [5.74, 6) is 0. The van der Waals surface area contributed by atoms with E-state index in [4.69, 9.17) is 4.74 Å². The van der Waals surface area contributed by atoms with Crippen LogP contribution in [0.15, 0.2) is 24.3 Å². The Bertz CT molecular complexity index is 383. The summed E-state index contributed by atoms with van der Waals surface area (Å²) in [6.45, 7) is 9.59. The van der Waals surface area contributed by atoms with Gasteiger partial charge in [-0.3, -0.25) is 0 Å². The molecule has 100 valence electrons. The Hall–Kier alpha value is -0.860. The van der Waals surface area contributed by atoms with Crippen molar-refractivity contribution >= 4 is 0 Å². The minimum atomic E-state index is 0.0168. The molecule has 0 radical (unpaired) electrons. The summed E-state index contributed by atoms with van der Waals surface area (Å²) in [7, 11) is 0.